The Balaban J connectivity index is 1.83. The predicted molar refractivity (Wildman–Crippen MR) is 60.9 cm³/mol. The summed E-state index contributed by atoms with van der Waals surface area (Å²) in [6, 6.07) is 0.579. The lowest BCUT2D eigenvalue weighted by atomic mass is 10.3. The SMILES string of the molecule is CC(C)NCCCNCC1OCCCO1. The normalized spacial score (nSPS) is 18.6. The van der Waals surface area contributed by atoms with E-state index in [9.17, 15) is 0 Å². The van der Waals surface area contributed by atoms with Crippen LogP contribution >= 0.6 is 0 Å². The van der Waals surface area contributed by atoms with E-state index in [0.29, 0.717) is 6.04 Å². The minimum absolute atomic E-state index is 0.0307. The largest absolute Gasteiger partial charge is 0.351 e. The van der Waals surface area contributed by atoms with E-state index in [-0.39, 0.29) is 6.29 Å². The van der Waals surface area contributed by atoms with E-state index in [1.54, 1.807) is 0 Å². The van der Waals surface area contributed by atoms with Crippen molar-refractivity contribution >= 4 is 0 Å². The van der Waals surface area contributed by atoms with E-state index in [4.69, 9.17) is 9.47 Å². The maximum absolute atomic E-state index is 5.42. The Bertz CT molecular complexity index is 148. The Morgan fingerprint density at radius 1 is 1.20 bits per heavy atom. The van der Waals surface area contributed by atoms with E-state index in [1.807, 2.05) is 0 Å². The summed E-state index contributed by atoms with van der Waals surface area (Å²) in [7, 11) is 0. The van der Waals surface area contributed by atoms with Crippen molar-refractivity contribution in [2.24, 2.45) is 0 Å². The first-order valence-corrected chi connectivity index (χ1v) is 5.96. The number of hydrogen-bond donors (Lipinski definition) is 2. The fourth-order valence-corrected chi connectivity index (χ4v) is 1.48. The van der Waals surface area contributed by atoms with Crippen molar-refractivity contribution in [3.63, 3.8) is 0 Å². The summed E-state index contributed by atoms with van der Waals surface area (Å²) in [6.45, 7) is 8.89. The molecule has 4 nitrogen and oxygen atoms in total. The Kier molecular flexibility index (Phi) is 6.92. The fourth-order valence-electron chi connectivity index (χ4n) is 1.48. The molecule has 1 aliphatic heterocycles. The highest BCUT2D eigenvalue weighted by Gasteiger charge is 2.12. The summed E-state index contributed by atoms with van der Waals surface area (Å²) in [5, 5.41) is 6.72. The molecular weight excluding hydrogens is 192 g/mol. The maximum atomic E-state index is 5.42. The third kappa shape index (κ3) is 6.84. The highest BCUT2D eigenvalue weighted by Crippen LogP contribution is 2.02. The van der Waals surface area contributed by atoms with Crippen molar-refractivity contribution in [3.05, 3.63) is 0 Å². The molecule has 1 aliphatic rings. The van der Waals surface area contributed by atoms with Crippen molar-refractivity contribution in [2.75, 3.05) is 32.8 Å². The fraction of sp³-hybridized carbons (Fsp3) is 1.00. The quantitative estimate of drug-likeness (QED) is 0.616. The zero-order chi connectivity index (χ0) is 10.9. The van der Waals surface area contributed by atoms with Crippen LogP contribution in [0.2, 0.25) is 0 Å². The van der Waals surface area contributed by atoms with Gasteiger partial charge >= 0.3 is 0 Å². The first-order chi connectivity index (χ1) is 7.29. The Hall–Kier alpha value is -0.160. The topological polar surface area (TPSA) is 42.5 Å². The molecule has 0 saturated carbocycles. The van der Waals surface area contributed by atoms with Crippen LogP contribution in [0.1, 0.15) is 26.7 Å². The van der Waals surface area contributed by atoms with Gasteiger partial charge in [-0.15, -0.1) is 0 Å². The van der Waals surface area contributed by atoms with Crippen LogP contribution in [-0.2, 0) is 9.47 Å². The summed E-state index contributed by atoms with van der Waals surface area (Å²) >= 11 is 0. The van der Waals surface area contributed by atoms with E-state index in [0.717, 1.165) is 45.7 Å². The van der Waals surface area contributed by atoms with E-state index >= 15 is 0 Å². The van der Waals surface area contributed by atoms with Gasteiger partial charge in [0.25, 0.3) is 0 Å². The van der Waals surface area contributed by atoms with E-state index in [2.05, 4.69) is 24.5 Å². The molecule has 4 heteroatoms. The lowest BCUT2D eigenvalue weighted by Crippen LogP contribution is -2.36. The van der Waals surface area contributed by atoms with Crippen molar-refractivity contribution in [3.8, 4) is 0 Å². The van der Waals surface area contributed by atoms with E-state index < -0.39 is 0 Å². The van der Waals surface area contributed by atoms with Gasteiger partial charge in [0.15, 0.2) is 6.29 Å². The summed E-state index contributed by atoms with van der Waals surface area (Å²) in [5.74, 6) is 0. The van der Waals surface area contributed by atoms with Crippen LogP contribution in [0.5, 0.6) is 0 Å². The first-order valence-electron chi connectivity index (χ1n) is 5.96. The molecule has 0 aliphatic carbocycles. The standard InChI is InChI=1S/C11H24N2O2/c1-10(2)13-6-3-5-12-9-11-14-7-4-8-15-11/h10-13H,3-9H2,1-2H3. The van der Waals surface area contributed by atoms with Gasteiger partial charge in [-0.25, -0.2) is 0 Å². The number of nitrogens with one attached hydrogen (secondary N) is 2. The van der Waals surface area contributed by atoms with Crippen LogP contribution in [0.3, 0.4) is 0 Å². The van der Waals surface area contributed by atoms with Crippen LogP contribution in [-0.4, -0.2) is 45.2 Å². The molecule has 15 heavy (non-hydrogen) atoms. The maximum Gasteiger partial charge on any atom is 0.169 e. The predicted octanol–water partition coefficient (Wildman–Crippen LogP) is 0.727. The monoisotopic (exact) mass is 216 g/mol. The smallest absolute Gasteiger partial charge is 0.169 e. The summed E-state index contributed by atoms with van der Waals surface area (Å²) in [6.07, 6.45) is 2.14. The molecule has 0 bridgehead atoms. The average Bonchev–Trinajstić information content (AvgIpc) is 2.24. The van der Waals surface area contributed by atoms with Gasteiger partial charge in [-0.2, -0.15) is 0 Å². The van der Waals surface area contributed by atoms with Gasteiger partial charge in [-0.1, -0.05) is 13.8 Å². The van der Waals surface area contributed by atoms with E-state index in [1.165, 1.54) is 0 Å². The van der Waals surface area contributed by atoms with Gasteiger partial charge in [-0.05, 0) is 25.9 Å². The van der Waals surface area contributed by atoms with Crippen molar-refractivity contribution in [2.45, 2.75) is 39.0 Å². The highest BCUT2D eigenvalue weighted by atomic mass is 16.7. The Morgan fingerprint density at radius 2 is 1.93 bits per heavy atom. The molecule has 0 unspecified atom stereocenters. The number of rotatable bonds is 7. The Labute approximate surface area is 92.7 Å². The van der Waals surface area contributed by atoms with Crippen LogP contribution in [0.4, 0.5) is 0 Å². The summed E-state index contributed by atoms with van der Waals surface area (Å²) in [4.78, 5) is 0. The number of hydrogen-bond acceptors (Lipinski definition) is 4. The third-order valence-corrected chi connectivity index (χ3v) is 2.29. The van der Waals surface area contributed by atoms with Crippen LogP contribution in [0, 0.1) is 0 Å². The third-order valence-electron chi connectivity index (χ3n) is 2.29. The molecule has 0 aromatic rings. The van der Waals surface area contributed by atoms with Gasteiger partial charge in [0.05, 0.1) is 13.2 Å². The molecule has 1 saturated heterocycles. The lowest BCUT2D eigenvalue weighted by molar-refractivity contribution is -0.175. The molecule has 0 radical (unpaired) electrons. The van der Waals surface area contributed by atoms with Crippen LogP contribution in [0.25, 0.3) is 0 Å². The van der Waals surface area contributed by atoms with Crippen LogP contribution < -0.4 is 10.6 Å². The summed E-state index contributed by atoms with van der Waals surface area (Å²) < 4.78 is 10.8. The van der Waals surface area contributed by atoms with Crippen molar-refractivity contribution in [1.82, 2.24) is 10.6 Å². The molecule has 0 amide bonds. The van der Waals surface area contributed by atoms with Gasteiger partial charge in [0.2, 0.25) is 0 Å². The zero-order valence-corrected chi connectivity index (χ0v) is 9.92. The molecule has 90 valence electrons. The van der Waals surface area contributed by atoms with Crippen molar-refractivity contribution in [1.29, 1.82) is 0 Å². The molecule has 0 spiro atoms. The summed E-state index contributed by atoms with van der Waals surface area (Å²) in [5.41, 5.74) is 0. The van der Waals surface area contributed by atoms with Gasteiger partial charge < -0.3 is 20.1 Å². The molecular formula is C11H24N2O2. The molecule has 0 atom stereocenters. The second kappa shape index (κ2) is 8.05. The van der Waals surface area contributed by atoms with Gasteiger partial charge in [0, 0.05) is 12.6 Å². The number of ether oxygens (including phenoxy) is 2. The van der Waals surface area contributed by atoms with Crippen molar-refractivity contribution < 1.29 is 9.47 Å². The minimum atomic E-state index is -0.0307. The van der Waals surface area contributed by atoms with Gasteiger partial charge in [-0.3, -0.25) is 0 Å². The molecule has 0 aromatic carbocycles. The molecule has 1 fully saturated rings. The lowest BCUT2D eigenvalue weighted by Gasteiger charge is -2.23. The first kappa shape index (κ1) is 12.9. The zero-order valence-electron chi connectivity index (χ0n) is 9.92. The second-order valence-electron chi connectivity index (χ2n) is 4.19. The molecule has 2 N–H and O–H groups in total. The molecule has 0 aromatic heterocycles. The second-order valence-corrected chi connectivity index (χ2v) is 4.19. The van der Waals surface area contributed by atoms with Gasteiger partial charge in [0.1, 0.15) is 0 Å². The molecule has 1 rings (SSSR count). The van der Waals surface area contributed by atoms with Crippen LogP contribution in [0.15, 0.2) is 0 Å². The minimum Gasteiger partial charge on any atom is -0.351 e. The molecule has 1 heterocycles. The average molecular weight is 216 g/mol. The highest BCUT2D eigenvalue weighted by molar-refractivity contribution is 4.58. The Morgan fingerprint density at radius 3 is 2.60 bits per heavy atom.